The fourth-order valence-electron chi connectivity index (χ4n) is 3.92. The van der Waals surface area contributed by atoms with Crippen molar-refractivity contribution in [2.45, 2.75) is 39.2 Å². The summed E-state index contributed by atoms with van der Waals surface area (Å²) in [5, 5.41) is 0.813. The number of nitrogens with two attached hydrogens (primary N) is 1. The third-order valence-electron chi connectivity index (χ3n) is 5.44. The second kappa shape index (κ2) is 9.46. The Morgan fingerprint density at radius 3 is 2.90 bits per heavy atom. The van der Waals surface area contributed by atoms with Crippen molar-refractivity contribution in [1.29, 1.82) is 0 Å². The van der Waals surface area contributed by atoms with Gasteiger partial charge in [-0.1, -0.05) is 6.07 Å². The quantitative estimate of drug-likeness (QED) is 0.549. The number of hydrogen-bond donors (Lipinski definition) is 1. The van der Waals surface area contributed by atoms with Crippen molar-refractivity contribution in [3.8, 4) is 17.0 Å². The van der Waals surface area contributed by atoms with Crippen molar-refractivity contribution in [3.05, 3.63) is 33.6 Å². The summed E-state index contributed by atoms with van der Waals surface area (Å²) in [6, 6.07) is 6.70. The molecule has 1 fully saturated rings. The number of fused-ring (bicyclic) bond motifs is 3. The maximum atomic E-state index is 6.13. The molecule has 1 aromatic heterocycles. The topological polar surface area (TPSA) is 85.3 Å². The number of thiazole rings is 1. The molecule has 0 radical (unpaired) electrons. The van der Waals surface area contributed by atoms with E-state index in [2.05, 4.69) is 33.1 Å². The molecule has 8 heteroatoms. The van der Waals surface area contributed by atoms with E-state index >= 15 is 0 Å². The van der Waals surface area contributed by atoms with Crippen molar-refractivity contribution < 1.29 is 9.47 Å². The molecule has 1 aromatic carbocycles. The molecule has 0 atom stereocenters. The van der Waals surface area contributed by atoms with Gasteiger partial charge in [-0.2, -0.15) is 0 Å². The van der Waals surface area contributed by atoms with Crippen molar-refractivity contribution in [1.82, 2.24) is 9.88 Å². The average molecular weight is 442 g/mol. The minimum atomic E-state index is 0.117. The largest absolute Gasteiger partial charge is 0.492 e. The fourth-order valence-corrected chi connectivity index (χ4v) is 4.91. The Morgan fingerprint density at radius 1 is 1.39 bits per heavy atom. The van der Waals surface area contributed by atoms with Gasteiger partial charge >= 0.3 is 0 Å². The zero-order valence-electron chi connectivity index (χ0n) is 18.7. The fraction of sp³-hybridized carbons (Fsp3) is 0.522. The van der Waals surface area contributed by atoms with Crippen LogP contribution in [0.4, 0.5) is 0 Å². The van der Waals surface area contributed by atoms with Gasteiger partial charge in [-0.05, 0) is 38.5 Å². The molecule has 31 heavy (non-hydrogen) atoms. The third kappa shape index (κ3) is 4.97. The van der Waals surface area contributed by atoms with Gasteiger partial charge in [-0.3, -0.25) is 9.89 Å². The van der Waals surface area contributed by atoms with Gasteiger partial charge in [0.2, 0.25) is 0 Å². The summed E-state index contributed by atoms with van der Waals surface area (Å²) in [6.07, 6.45) is 0.825. The van der Waals surface area contributed by atoms with E-state index in [1.165, 1.54) is 10.4 Å². The molecule has 7 nitrogen and oxygen atoms in total. The summed E-state index contributed by atoms with van der Waals surface area (Å²) in [5.74, 6) is 2.56. The molecule has 3 heterocycles. The molecule has 0 bridgehead atoms. The van der Waals surface area contributed by atoms with Gasteiger partial charge in [0, 0.05) is 55.6 Å². The van der Waals surface area contributed by atoms with E-state index in [4.69, 9.17) is 20.2 Å². The lowest BCUT2D eigenvalue weighted by molar-refractivity contribution is 0.0942. The summed E-state index contributed by atoms with van der Waals surface area (Å²) in [5.41, 5.74) is 9.21. The van der Waals surface area contributed by atoms with E-state index in [-0.39, 0.29) is 6.04 Å². The molecule has 4 rings (SSSR count). The Balaban J connectivity index is 1.61. The Labute approximate surface area is 188 Å². The van der Waals surface area contributed by atoms with E-state index in [9.17, 15) is 0 Å². The molecule has 0 aliphatic carbocycles. The van der Waals surface area contributed by atoms with Gasteiger partial charge in [-0.25, -0.2) is 9.98 Å². The number of likely N-dealkylation sites (tertiary alicyclic amines) is 1. The zero-order valence-corrected chi connectivity index (χ0v) is 19.5. The summed E-state index contributed by atoms with van der Waals surface area (Å²) in [6.45, 7) is 10.4. The van der Waals surface area contributed by atoms with E-state index in [0.717, 1.165) is 54.7 Å². The van der Waals surface area contributed by atoms with E-state index in [1.807, 2.05) is 13.8 Å². The SMILES string of the molecule is COCCN1CC(c2ccc3c(c2)OCCc2sc(C(N=C(C)N)=NC(C)C)nc2-3)C1. The lowest BCUT2D eigenvalue weighted by atomic mass is 9.90. The lowest BCUT2D eigenvalue weighted by Crippen LogP contribution is -2.46. The number of aromatic nitrogens is 1. The van der Waals surface area contributed by atoms with Crippen LogP contribution in [0.1, 0.15) is 42.1 Å². The maximum Gasteiger partial charge on any atom is 0.186 e. The van der Waals surface area contributed by atoms with Crippen LogP contribution in [0.3, 0.4) is 0 Å². The number of rotatable bonds is 6. The predicted molar refractivity (Wildman–Crippen MR) is 127 cm³/mol. The van der Waals surface area contributed by atoms with Gasteiger partial charge in [0.1, 0.15) is 5.75 Å². The lowest BCUT2D eigenvalue weighted by Gasteiger charge is -2.39. The highest BCUT2D eigenvalue weighted by Gasteiger charge is 2.29. The van der Waals surface area contributed by atoms with Crippen LogP contribution < -0.4 is 10.5 Å². The highest BCUT2D eigenvalue weighted by atomic mass is 32.1. The molecule has 2 aliphatic rings. The first kappa shape index (κ1) is 21.9. The van der Waals surface area contributed by atoms with Crippen LogP contribution in [0.2, 0.25) is 0 Å². The standard InChI is InChI=1S/C23H31N5O2S/c1-14(2)25-22(26-15(3)24)23-27-21-18-6-5-16(17-12-28(13-17)8-10-29-4)11-19(18)30-9-7-20(21)31-23/h5-6,11,14,17H,7-10,12-13H2,1-4H3,(H2,24,25,26). The molecule has 2 N–H and O–H groups in total. The predicted octanol–water partition coefficient (Wildman–Crippen LogP) is 3.32. The minimum Gasteiger partial charge on any atom is -0.492 e. The summed E-state index contributed by atoms with van der Waals surface area (Å²) >= 11 is 1.64. The molecule has 0 spiro atoms. The smallest absolute Gasteiger partial charge is 0.186 e. The van der Waals surface area contributed by atoms with Crippen LogP contribution in [0, 0.1) is 0 Å². The molecular weight excluding hydrogens is 410 g/mol. The van der Waals surface area contributed by atoms with Crippen molar-refractivity contribution in [2.24, 2.45) is 15.7 Å². The van der Waals surface area contributed by atoms with Crippen LogP contribution in [0.5, 0.6) is 5.75 Å². The first-order valence-corrected chi connectivity index (χ1v) is 11.6. The summed E-state index contributed by atoms with van der Waals surface area (Å²) in [7, 11) is 1.75. The minimum absolute atomic E-state index is 0.117. The third-order valence-corrected chi connectivity index (χ3v) is 6.55. The van der Waals surface area contributed by atoms with Crippen LogP contribution >= 0.6 is 11.3 Å². The number of amidine groups is 2. The Hall–Kier alpha value is -2.29. The Bertz CT molecular complexity index is 988. The molecule has 1 saturated heterocycles. The molecule has 2 aliphatic heterocycles. The molecule has 2 aromatic rings. The van der Waals surface area contributed by atoms with E-state index in [1.54, 1.807) is 25.4 Å². The number of benzene rings is 1. The van der Waals surface area contributed by atoms with Crippen LogP contribution in [0.15, 0.2) is 28.2 Å². The molecule has 0 amide bonds. The van der Waals surface area contributed by atoms with Gasteiger partial charge < -0.3 is 15.2 Å². The normalized spacial score (nSPS) is 17.7. The molecular formula is C23H31N5O2S. The number of aliphatic imine (C=N–C) groups is 2. The number of ether oxygens (including phenoxy) is 2. The zero-order chi connectivity index (χ0) is 22.0. The number of nitrogens with zero attached hydrogens (tertiary/aromatic N) is 4. The first-order chi connectivity index (χ1) is 14.9. The summed E-state index contributed by atoms with van der Waals surface area (Å²) in [4.78, 5) is 17.6. The van der Waals surface area contributed by atoms with Crippen LogP contribution in [-0.2, 0) is 11.2 Å². The van der Waals surface area contributed by atoms with Crippen molar-refractivity contribution in [2.75, 3.05) is 40.0 Å². The molecule has 166 valence electrons. The number of methoxy groups -OCH3 is 1. The average Bonchev–Trinajstić information content (AvgIpc) is 3.02. The summed E-state index contributed by atoms with van der Waals surface area (Å²) < 4.78 is 11.3. The van der Waals surface area contributed by atoms with Gasteiger partial charge in [0.05, 0.1) is 24.7 Å². The van der Waals surface area contributed by atoms with Crippen molar-refractivity contribution in [3.63, 3.8) is 0 Å². The molecule has 0 saturated carbocycles. The molecule has 0 unspecified atom stereocenters. The monoisotopic (exact) mass is 441 g/mol. The second-order valence-electron chi connectivity index (χ2n) is 8.39. The number of hydrogen-bond acceptors (Lipinski definition) is 6. The maximum absolute atomic E-state index is 6.13. The van der Waals surface area contributed by atoms with E-state index in [0.29, 0.717) is 24.2 Å². The first-order valence-electron chi connectivity index (χ1n) is 10.8. The van der Waals surface area contributed by atoms with E-state index < -0.39 is 0 Å². The van der Waals surface area contributed by atoms with Crippen LogP contribution in [0.25, 0.3) is 11.3 Å². The Morgan fingerprint density at radius 2 is 2.19 bits per heavy atom. The van der Waals surface area contributed by atoms with Gasteiger partial charge in [0.25, 0.3) is 0 Å². The highest BCUT2D eigenvalue weighted by Crippen LogP contribution is 2.40. The van der Waals surface area contributed by atoms with Gasteiger partial charge in [-0.15, -0.1) is 11.3 Å². The highest BCUT2D eigenvalue weighted by molar-refractivity contribution is 7.14. The second-order valence-corrected chi connectivity index (χ2v) is 9.48. The van der Waals surface area contributed by atoms with Gasteiger partial charge in [0.15, 0.2) is 10.8 Å². The Kier molecular flexibility index (Phi) is 6.69. The van der Waals surface area contributed by atoms with Crippen LogP contribution in [-0.4, -0.2) is 67.6 Å². The van der Waals surface area contributed by atoms with Crippen molar-refractivity contribution >= 4 is 23.0 Å².